The summed E-state index contributed by atoms with van der Waals surface area (Å²) >= 11 is 0. The molecule has 1 unspecified atom stereocenters. The molecule has 0 bridgehead atoms. The molecular weight excluding hydrogens is 413 g/mol. The van der Waals surface area contributed by atoms with E-state index in [2.05, 4.69) is 5.32 Å². The maximum Gasteiger partial charge on any atom is 0.254 e. The SMILES string of the molecule is COc1cccc(C(=O)N2CCN(C(=O)C(NC(=O)c3ccc(F)cc3)C(C)C)CC2)c1. The van der Waals surface area contributed by atoms with Gasteiger partial charge in [-0.25, -0.2) is 4.39 Å². The Morgan fingerprint density at radius 1 is 0.938 bits per heavy atom. The molecule has 8 heteroatoms. The van der Waals surface area contributed by atoms with E-state index < -0.39 is 17.8 Å². The first-order valence-electron chi connectivity index (χ1n) is 10.6. The highest BCUT2D eigenvalue weighted by Crippen LogP contribution is 2.17. The standard InChI is InChI=1S/C24H28FN3O4/c1-16(2)21(26-22(29)17-7-9-19(25)10-8-17)24(31)28-13-11-27(12-14-28)23(30)18-5-4-6-20(15-18)32-3/h4-10,15-16,21H,11-14H2,1-3H3,(H,26,29). The van der Waals surface area contributed by atoms with Crippen LogP contribution in [-0.2, 0) is 4.79 Å². The van der Waals surface area contributed by atoms with Crippen molar-refractivity contribution >= 4 is 17.7 Å². The number of rotatable bonds is 6. The molecule has 0 saturated carbocycles. The summed E-state index contributed by atoms with van der Waals surface area (Å²) in [4.78, 5) is 41.8. The largest absolute Gasteiger partial charge is 0.497 e. The Hall–Kier alpha value is -3.42. The van der Waals surface area contributed by atoms with Gasteiger partial charge >= 0.3 is 0 Å². The summed E-state index contributed by atoms with van der Waals surface area (Å²) in [5.74, 6) is -0.682. The Balaban J connectivity index is 1.61. The van der Waals surface area contributed by atoms with E-state index in [-0.39, 0.29) is 17.7 Å². The van der Waals surface area contributed by atoms with Crippen LogP contribution in [0.1, 0.15) is 34.6 Å². The lowest BCUT2D eigenvalue weighted by Crippen LogP contribution is -2.57. The molecule has 0 aromatic heterocycles. The molecule has 1 aliphatic heterocycles. The second-order valence-electron chi connectivity index (χ2n) is 8.05. The van der Waals surface area contributed by atoms with Crippen LogP contribution in [0.15, 0.2) is 48.5 Å². The molecule has 1 atom stereocenters. The summed E-state index contributed by atoms with van der Waals surface area (Å²) in [6.45, 7) is 5.28. The number of carbonyl (C=O) groups excluding carboxylic acids is 3. The average molecular weight is 442 g/mol. The van der Waals surface area contributed by atoms with Gasteiger partial charge in [0.2, 0.25) is 5.91 Å². The molecule has 3 rings (SSSR count). The van der Waals surface area contributed by atoms with Crippen LogP contribution >= 0.6 is 0 Å². The molecule has 0 aliphatic carbocycles. The topological polar surface area (TPSA) is 79.0 Å². The van der Waals surface area contributed by atoms with E-state index in [9.17, 15) is 18.8 Å². The highest BCUT2D eigenvalue weighted by Gasteiger charge is 2.32. The van der Waals surface area contributed by atoms with Crippen molar-refractivity contribution in [2.45, 2.75) is 19.9 Å². The normalized spacial score (nSPS) is 14.8. The van der Waals surface area contributed by atoms with Gasteiger partial charge in [-0.15, -0.1) is 0 Å². The van der Waals surface area contributed by atoms with Crippen LogP contribution in [0, 0.1) is 11.7 Å². The fraction of sp³-hybridized carbons (Fsp3) is 0.375. The van der Waals surface area contributed by atoms with Crippen LogP contribution in [0.4, 0.5) is 4.39 Å². The molecule has 170 valence electrons. The lowest BCUT2D eigenvalue weighted by Gasteiger charge is -2.37. The van der Waals surface area contributed by atoms with Gasteiger partial charge in [-0.1, -0.05) is 19.9 Å². The van der Waals surface area contributed by atoms with Crippen LogP contribution in [0.3, 0.4) is 0 Å². The first-order valence-corrected chi connectivity index (χ1v) is 10.6. The van der Waals surface area contributed by atoms with Crippen molar-refractivity contribution in [2.24, 2.45) is 5.92 Å². The number of halogens is 1. The Bertz CT molecular complexity index is 969. The molecule has 1 fully saturated rings. The van der Waals surface area contributed by atoms with E-state index in [1.807, 2.05) is 13.8 Å². The third-order valence-corrected chi connectivity index (χ3v) is 5.52. The predicted molar refractivity (Wildman–Crippen MR) is 118 cm³/mol. The number of nitrogens with one attached hydrogen (secondary N) is 1. The number of piperazine rings is 1. The minimum absolute atomic E-state index is 0.110. The number of hydrogen-bond donors (Lipinski definition) is 1. The Labute approximate surface area is 187 Å². The monoisotopic (exact) mass is 441 g/mol. The number of amides is 3. The zero-order chi connectivity index (χ0) is 23.3. The number of hydrogen-bond acceptors (Lipinski definition) is 4. The van der Waals surface area contributed by atoms with E-state index in [4.69, 9.17) is 4.74 Å². The van der Waals surface area contributed by atoms with Crippen molar-refractivity contribution in [1.82, 2.24) is 15.1 Å². The van der Waals surface area contributed by atoms with Crippen LogP contribution in [0.5, 0.6) is 5.75 Å². The van der Waals surface area contributed by atoms with E-state index in [0.717, 1.165) is 0 Å². The zero-order valence-corrected chi connectivity index (χ0v) is 18.5. The Morgan fingerprint density at radius 3 is 2.16 bits per heavy atom. The van der Waals surface area contributed by atoms with E-state index in [1.54, 1.807) is 41.2 Å². The molecule has 32 heavy (non-hydrogen) atoms. The van der Waals surface area contributed by atoms with E-state index in [1.165, 1.54) is 24.3 Å². The zero-order valence-electron chi connectivity index (χ0n) is 18.5. The van der Waals surface area contributed by atoms with Crippen molar-refractivity contribution in [3.05, 3.63) is 65.5 Å². The molecule has 1 N–H and O–H groups in total. The number of ether oxygens (including phenoxy) is 1. The van der Waals surface area contributed by atoms with Crippen molar-refractivity contribution in [2.75, 3.05) is 33.3 Å². The smallest absolute Gasteiger partial charge is 0.254 e. The lowest BCUT2D eigenvalue weighted by molar-refractivity contribution is -0.135. The third kappa shape index (κ3) is 5.43. The molecule has 2 aromatic rings. The Morgan fingerprint density at radius 2 is 1.56 bits per heavy atom. The summed E-state index contributed by atoms with van der Waals surface area (Å²) < 4.78 is 18.3. The fourth-order valence-corrected chi connectivity index (χ4v) is 3.60. The molecule has 0 radical (unpaired) electrons. The van der Waals surface area contributed by atoms with Gasteiger partial charge < -0.3 is 19.9 Å². The van der Waals surface area contributed by atoms with Crippen molar-refractivity contribution in [3.63, 3.8) is 0 Å². The lowest BCUT2D eigenvalue weighted by atomic mass is 10.0. The van der Waals surface area contributed by atoms with Crippen LogP contribution in [-0.4, -0.2) is 66.9 Å². The molecule has 7 nitrogen and oxygen atoms in total. The molecule has 3 amide bonds. The predicted octanol–water partition coefficient (Wildman–Crippen LogP) is 2.57. The third-order valence-electron chi connectivity index (χ3n) is 5.52. The van der Waals surface area contributed by atoms with Gasteiger partial charge in [0.1, 0.15) is 17.6 Å². The van der Waals surface area contributed by atoms with Gasteiger partial charge in [0.25, 0.3) is 11.8 Å². The number of carbonyl (C=O) groups is 3. The molecular formula is C24H28FN3O4. The van der Waals surface area contributed by atoms with Gasteiger partial charge in [-0.2, -0.15) is 0 Å². The maximum absolute atomic E-state index is 13.1. The minimum Gasteiger partial charge on any atom is -0.497 e. The maximum atomic E-state index is 13.1. The number of nitrogens with zero attached hydrogens (tertiary/aromatic N) is 2. The van der Waals surface area contributed by atoms with Gasteiger partial charge in [0, 0.05) is 37.3 Å². The highest BCUT2D eigenvalue weighted by atomic mass is 19.1. The molecule has 0 spiro atoms. The van der Waals surface area contributed by atoms with Gasteiger partial charge in [-0.05, 0) is 48.4 Å². The minimum atomic E-state index is -0.715. The summed E-state index contributed by atoms with van der Waals surface area (Å²) in [7, 11) is 1.55. The molecule has 1 heterocycles. The fourth-order valence-electron chi connectivity index (χ4n) is 3.60. The molecule has 1 saturated heterocycles. The van der Waals surface area contributed by atoms with Gasteiger partial charge in [0.05, 0.1) is 7.11 Å². The second-order valence-corrected chi connectivity index (χ2v) is 8.05. The summed E-state index contributed by atoms with van der Waals surface area (Å²) in [6, 6.07) is 11.4. The average Bonchev–Trinajstić information content (AvgIpc) is 2.81. The second kappa shape index (κ2) is 10.3. The van der Waals surface area contributed by atoms with Crippen LogP contribution in [0.25, 0.3) is 0 Å². The Kier molecular flexibility index (Phi) is 7.45. The number of methoxy groups -OCH3 is 1. The van der Waals surface area contributed by atoms with Gasteiger partial charge in [0.15, 0.2) is 0 Å². The summed E-state index contributed by atoms with van der Waals surface area (Å²) in [6.07, 6.45) is 0. The molecule has 1 aliphatic rings. The van der Waals surface area contributed by atoms with E-state index in [0.29, 0.717) is 43.1 Å². The van der Waals surface area contributed by atoms with Crippen molar-refractivity contribution < 1.29 is 23.5 Å². The van der Waals surface area contributed by atoms with Gasteiger partial charge in [-0.3, -0.25) is 14.4 Å². The summed E-state index contributed by atoms with van der Waals surface area (Å²) in [5, 5.41) is 2.77. The first-order chi connectivity index (χ1) is 15.3. The van der Waals surface area contributed by atoms with E-state index >= 15 is 0 Å². The van der Waals surface area contributed by atoms with Crippen molar-refractivity contribution in [1.29, 1.82) is 0 Å². The first kappa shape index (κ1) is 23.2. The quantitative estimate of drug-likeness (QED) is 0.747. The molecule has 2 aromatic carbocycles. The number of benzene rings is 2. The van der Waals surface area contributed by atoms with Crippen molar-refractivity contribution in [3.8, 4) is 5.75 Å². The highest BCUT2D eigenvalue weighted by molar-refractivity contribution is 5.98. The summed E-state index contributed by atoms with van der Waals surface area (Å²) in [5.41, 5.74) is 0.828. The van der Waals surface area contributed by atoms with Crippen LogP contribution < -0.4 is 10.1 Å². The van der Waals surface area contributed by atoms with Crippen LogP contribution in [0.2, 0.25) is 0 Å².